The Hall–Kier alpha value is -10.6. The van der Waals surface area contributed by atoms with Crippen LogP contribution in [0.15, 0.2) is 344 Å². The summed E-state index contributed by atoms with van der Waals surface area (Å²) in [7, 11) is 26.5. The maximum atomic E-state index is 8.78. The van der Waals surface area contributed by atoms with E-state index in [2.05, 4.69) is 325 Å². The zero-order valence-corrected chi connectivity index (χ0v) is 56.3. The van der Waals surface area contributed by atoms with Gasteiger partial charge in [0.1, 0.15) is 5.75 Å². The normalized spacial score (nSPS) is 11.1. The van der Waals surface area contributed by atoms with E-state index in [-0.39, 0.29) is 0 Å². The summed E-state index contributed by atoms with van der Waals surface area (Å²) in [6.07, 6.45) is -1.78. The van der Waals surface area contributed by atoms with E-state index < -0.39 is 19.2 Å². The zero-order valence-electron chi connectivity index (χ0n) is 54.8. The van der Waals surface area contributed by atoms with Crippen molar-refractivity contribution in [2.45, 2.75) is 0 Å². The number of halogens is 1. The minimum absolute atomic E-state index is 0.519. The van der Waals surface area contributed by atoms with Crippen molar-refractivity contribution in [2.24, 2.45) is 0 Å². The predicted molar refractivity (Wildman–Crippen MR) is 444 cm³/mol. The van der Waals surface area contributed by atoms with Crippen LogP contribution in [0.25, 0.3) is 163 Å². The molecule has 0 aliphatic heterocycles. The third-order valence-corrected chi connectivity index (χ3v) is 19.6. The molecule has 11 radical (unpaired) electrons. The second-order valence-corrected chi connectivity index (χ2v) is 26.3. The molecular formula is C88H57B9BrO2. The average molecular weight is 1320 g/mol. The van der Waals surface area contributed by atoms with E-state index in [0.717, 1.165) is 15.2 Å². The van der Waals surface area contributed by atoms with Crippen molar-refractivity contribution in [1.82, 2.24) is 0 Å². The first-order valence-corrected chi connectivity index (χ1v) is 34.3. The van der Waals surface area contributed by atoms with Gasteiger partial charge in [-0.2, -0.15) is 0 Å². The quantitative estimate of drug-likeness (QED) is 0.115. The van der Waals surface area contributed by atoms with E-state index >= 15 is 0 Å². The molecular weight excluding hydrogens is 1270 g/mol. The minimum Gasteiger partial charge on any atom is -0.537 e. The molecule has 0 bridgehead atoms. The van der Waals surface area contributed by atoms with Gasteiger partial charge in [-0.05, 0) is 236 Å². The average Bonchev–Trinajstić information content (AvgIpc) is 0.773. The van der Waals surface area contributed by atoms with Crippen molar-refractivity contribution >= 4 is 189 Å². The lowest BCUT2D eigenvalue weighted by atomic mass is 8.68. The van der Waals surface area contributed by atoms with Crippen molar-refractivity contribution in [2.75, 3.05) is 0 Å². The zero-order chi connectivity index (χ0) is 68.2. The van der Waals surface area contributed by atoms with Crippen LogP contribution in [-0.4, -0.2) is 70.5 Å². The monoisotopic (exact) mass is 1320 g/mol. The molecule has 0 fully saturated rings. The molecule has 18 aromatic carbocycles. The Bertz CT molecular complexity index is 6100. The van der Waals surface area contributed by atoms with Gasteiger partial charge in [-0.15, -0.1) is 0 Å². The molecule has 18 rings (SSSR count). The van der Waals surface area contributed by atoms with E-state index in [4.69, 9.17) is 48.4 Å². The molecule has 100 heavy (non-hydrogen) atoms. The van der Waals surface area contributed by atoms with E-state index in [9.17, 15) is 0 Å². The lowest BCUT2D eigenvalue weighted by molar-refractivity contribution is 0.454. The highest BCUT2D eigenvalue weighted by molar-refractivity contribution is 9.10. The van der Waals surface area contributed by atoms with Crippen molar-refractivity contribution in [3.8, 4) is 61.4 Å². The van der Waals surface area contributed by atoms with Crippen LogP contribution in [0.3, 0.4) is 0 Å². The van der Waals surface area contributed by atoms with Gasteiger partial charge in [0.25, 0.3) is 0 Å². The Kier molecular flexibility index (Phi) is 19.0. The van der Waals surface area contributed by atoms with Crippen LogP contribution in [-0.2, 0) is 0 Å². The van der Waals surface area contributed by atoms with E-state index in [1.54, 1.807) is 0 Å². The molecule has 0 amide bonds. The largest absolute Gasteiger partial charge is 0.569 e. The molecule has 18 aromatic rings. The van der Waals surface area contributed by atoms with Gasteiger partial charge in [-0.25, -0.2) is 0 Å². The van der Waals surface area contributed by atoms with Crippen LogP contribution in [0, 0.1) is 0 Å². The van der Waals surface area contributed by atoms with Crippen molar-refractivity contribution in [3.05, 3.63) is 344 Å². The molecule has 0 aliphatic rings. The SMILES string of the molecule is Brc1ccc2cc(-c3cc4ccccc4c4ccccc34)ccc2c1.O[B]Oc1ccc2c(-c3ccc4ccccc4c3)cccc2c1.[B]B([B])B([B])B([B])[B].c1ccc2cc(-c3cccc4cc(-c5ccc6cc(-c7cc8ccccc8c8ccccc78)ccc6c5)ccc34)ccc2c1. The van der Waals surface area contributed by atoms with Crippen molar-refractivity contribution in [1.29, 1.82) is 0 Å². The molecule has 2 nitrogen and oxygen atoms in total. The fraction of sp³-hybridized carbons (Fsp3) is 0. The van der Waals surface area contributed by atoms with E-state index in [1.165, 1.54) is 153 Å². The molecule has 455 valence electrons. The van der Waals surface area contributed by atoms with Crippen molar-refractivity contribution in [3.63, 3.8) is 0 Å². The van der Waals surface area contributed by atoms with Crippen LogP contribution in [0.2, 0.25) is 0 Å². The highest BCUT2D eigenvalue weighted by Crippen LogP contribution is 2.41. The lowest BCUT2D eigenvalue weighted by Crippen LogP contribution is -2.52. The predicted octanol–water partition coefficient (Wildman–Crippen LogP) is 21.5. The molecule has 12 heteroatoms. The second-order valence-electron chi connectivity index (χ2n) is 25.4. The molecule has 0 saturated carbocycles. The van der Waals surface area contributed by atoms with Gasteiger partial charge in [-0.1, -0.05) is 283 Å². The summed E-state index contributed by atoms with van der Waals surface area (Å²) < 4.78 is 6.16. The first-order chi connectivity index (χ1) is 49.0. The Labute approximate surface area is 600 Å². The standard InChI is InChI=1S/C44H28.C24H15Br.C20H14BO2.B8/c1-2-9-30-25-37(20-16-29(30)8-1)39-15-7-11-35-26-34(22-23-41(35)39)31-17-18-33-27-38(21-19-32(33)24-31)44-28-36-10-3-4-12-40(36)42-13-5-6-14-43(42)44;25-20-12-11-16-13-19(10-9-17(16)14-20)24-15-18-5-1-2-6-21(18)22-7-3-4-8-23(22)24;22-21-23-18-10-11-20-16(13-18)6-3-7-19(20)17-9-8-14-4-1-2-5-15(14)12-17;1-6(2)8(5)7(3)4/h1-28H;1-15H;1-13,22H;. The van der Waals surface area contributed by atoms with Crippen LogP contribution >= 0.6 is 15.9 Å². The third kappa shape index (κ3) is 13.7. The Morgan fingerprint density at radius 2 is 0.550 bits per heavy atom. The summed E-state index contributed by atoms with van der Waals surface area (Å²) in [6, 6.07) is 122. The van der Waals surface area contributed by atoms with Crippen LogP contribution in [0.1, 0.15) is 0 Å². The lowest BCUT2D eigenvalue weighted by Gasteiger charge is -2.13. The summed E-state index contributed by atoms with van der Waals surface area (Å²) >= 11 is 3.56. The van der Waals surface area contributed by atoms with Gasteiger partial charge in [-0.3, -0.25) is 0 Å². The molecule has 0 saturated heterocycles. The maximum absolute atomic E-state index is 8.78. The fourth-order valence-electron chi connectivity index (χ4n) is 13.9. The summed E-state index contributed by atoms with van der Waals surface area (Å²) in [5.41, 5.74) is 12.5. The number of fused-ring (bicyclic) bond motifs is 12. The number of hydrogen-bond donors (Lipinski definition) is 1. The maximum Gasteiger partial charge on any atom is 0.569 e. The van der Waals surface area contributed by atoms with Gasteiger partial charge >= 0.3 is 7.69 Å². The smallest absolute Gasteiger partial charge is 0.537 e. The van der Waals surface area contributed by atoms with Gasteiger partial charge in [0.05, 0.1) is 0 Å². The number of hydrogen-bond acceptors (Lipinski definition) is 2. The topological polar surface area (TPSA) is 29.5 Å². The fourth-order valence-corrected chi connectivity index (χ4v) is 14.3. The molecule has 0 aromatic heterocycles. The summed E-state index contributed by atoms with van der Waals surface area (Å²) in [4.78, 5) is 0. The van der Waals surface area contributed by atoms with E-state index in [1.807, 2.05) is 30.3 Å². The molecule has 0 spiro atoms. The summed E-state index contributed by atoms with van der Waals surface area (Å²) in [5, 5.41) is 34.0. The Morgan fingerprint density at radius 3 is 1.01 bits per heavy atom. The first-order valence-electron chi connectivity index (χ1n) is 33.5. The molecule has 0 aliphatic carbocycles. The number of rotatable bonds is 9. The van der Waals surface area contributed by atoms with Crippen molar-refractivity contribution < 1.29 is 9.68 Å². The summed E-state index contributed by atoms with van der Waals surface area (Å²) in [6.45, 7) is 0. The molecule has 0 heterocycles. The van der Waals surface area contributed by atoms with Crippen LogP contribution in [0.4, 0.5) is 0 Å². The highest BCUT2D eigenvalue weighted by Gasteiger charge is 2.16. The summed E-state index contributed by atoms with van der Waals surface area (Å²) in [5.74, 6) is 0.621. The molecule has 0 atom stereocenters. The second kappa shape index (κ2) is 29.1. The van der Waals surface area contributed by atoms with E-state index in [0.29, 0.717) is 13.4 Å². The van der Waals surface area contributed by atoms with Crippen LogP contribution in [0.5, 0.6) is 5.75 Å². The van der Waals surface area contributed by atoms with Gasteiger partial charge < -0.3 is 9.68 Å². The Balaban J connectivity index is 0.000000123. The first kappa shape index (κ1) is 65.3. The highest BCUT2D eigenvalue weighted by atomic mass is 79.9. The van der Waals surface area contributed by atoms with Gasteiger partial charge in [0.2, 0.25) is 0 Å². The Morgan fingerprint density at radius 1 is 0.240 bits per heavy atom. The van der Waals surface area contributed by atoms with Gasteiger partial charge in [0.15, 0.2) is 0 Å². The minimum atomic E-state index is -0.630. The van der Waals surface area contributed by atoms with Gasteiger partial charge in [0, 0.05) is 62.3 Å². The third-order valence-electron chi connectivity index (χ3n) is 19.1. The molecule has 0 unspecified atom stereocenters. The number of benzene rings is 18. The van der Waals surface area contributed by atoms with Crippen LogP contribution < -0.4 is 4.65 Å². The molecule has 1 N–H and O–H groups in total.